The van der Waals surface area contributed by atoms with E-state index in [-0.39, 0.29) is 106 Å². The Morgan fingerprint density at radius 2 is 0.703 bits per heavy atom. The van der Waals surface area contributed by atoms with Crippen LogP contribution < -0.4 is 21.3 Å². The third-order valence-corrected chi connectivity index (χ3v) is 20.6. The van der Waals surface area contributed by atoms with E-state index in [1.165, 1.54) is 54.6 Å². The van der Waals surface area contributed by atoms with Crippen molar-refractivity contribution in [3.05, 3.63) is 323 Å². The predicted octanol–water partition coefficient (Wildman–Crippen LogP) is 22.6. The lowest BCUT2D eigenvalue weighted by Gasteiger charge is -2.09. The molecule has 0 radical (unpaired) electrons. The molecule has 0 aliphatic carbocycles. The lowest BCUT2D eigenvalue weighted by molar-refractivity contribution is -0.384. The normalized spacial score (nSPS) is 10.9. The molecule has 648 valence electrons. The van der Waals surface area contributed by atoms with Crippen LogP contribution in [0.2, 0.25) is 35.2 Å². The first-order chi connectivity index (χ1) is 61.2. The highest BCUT2D eigenvalue weighted by molar-refractivity contribution is 6.37. The first kappa shape index (κ1) is 90.3. The number of halogens is 9. The van der Waals surface area contributed by atoms with Crippen LogP contribution >= 0.6 is 81.2 Å². The SMILES string of the molecule is Cc1ccc(C)c(Cc2cc(Cl)c3nonc3c2[N+](=O)[O-])c1.Cc1ccc(Cl)cc1C(=O)Nc1ccc(Cl)c2nonc12.Cc1ccc(Cl)cc1Cc1cc(Cl)c2nonc2c1[N+](=O)[O-].Cc1ccc(Cl)cc1Nc1ccc([N+](=O)[O-])c2nonc12.O=[N+]([O-])c1ccc(Nc2cc(Cl)ccc2O)c2nonc12.O=[N+]([O-])c1ccc(Nc2cc(F)ccc2F)c2nonc12. The van der Waals surface area contributed by atoms with E-state index in [2.05, 4.69) is 111 Å². The number of nitrogens with zero attached hydrogens (tertiary/aromatic N) is 17. The number of carbonyl (C=O) groups excluding carboxylic acids is 1. The minimum absolute atomic E-state index is 0.0199. The maximum Gasteiger partial charge on any atom is 0.304 e. The van der Waals surface area contributed by atoms with Crippen molar-refractivity contribution in [1.82, 2.24) is 61.9 Å². The summed E-state index contributed by atoms with van der Waals surface area (Å²) in [6.07, 6.45) is 0.706. The highest BCUT2D eigenvalue weighted by Gasteiger charge is 2.30. The van der Waals surface area contributed by atoms with Gasteiger partial charge in [0.25, 0.3) is 5.91 Å². The smallest absolute Gasteiger partial charge is 0.304 e. The number of aromatic hydroxyl groups is 1. The van der Waals surface area contributed by atoms with Gasteiger partial charge in [0.05, 0.1) is 73.8 Å². The number of nitro groups is 5. The first-order valence-corrected chi connectivity index (χ1v) is 39.0. The zero-order chi connectivity index (χ0) is 91.6. The van der Waals surface area contributed by atoms with Crippen molar-refractivity contribution in [2.24, 2.45) is 0 Å². The van der Waals surface area contributed by atoms with E-state index >= 15 is 0 Å². The molecule has 0 fully saturated rings. The Bertz CT molecular complexity index is 6920. The van der Waals surface area contributed by atoms with E-state index < -0.39 is 36.3 Å². The minimum atomic E-state index is -0.681. The van der Waals surface area contributed by atoms with Crippen LogP contribution in [0.5, 0.6) is 5.75 Å². The number of phenols is 1. The van der Waals surface area contributed by atoms with Gasteiger partial charge in [-0.05, 0) is 239 Å². The van der Waals surface area contributed by atoms with Gasteiger partial charge < -0.3 is 26.4 Å². The standard InChI is InChI=1S/C15H12ClN3O3.C14H9Cl2N3O3.C14H9Cl2N3O2.C13H9ClN4O3.C12H7ClN4O4.C12H6F2N4O3/c1-8-3-4-9(2)10(5-8)6-11-7-12(16)13-14(18-22-17-13)15(11)19(20)21;1-7-2-3-10(15)5-8(7)4-9-6-11(16)12-13(18-22-17-12)14(9)19(20)21;1-7-2-3-8(15)6-9(7)14(20)17-11-5-4-10(16)12-13(11)19-21-18-12;1-7-2-3-8(14)6-10(7)15-9-4-5-11(18(19)20)13-12(9)16-21-17-13;13-6-1-4-10(18)8(5-6)14-7-2-3-9(17(19)20)12-11(7)15-21-16-12;13-6-1-2-7(14)9(5-6)15-8-3-4-10(18(19)20)12-11(8)16-21-17-12/h3-5,7H,6H2,1-2H3;2-3,5-6H,4H2,1H3;2-6H,1H3,(H,17,20);2-6,15H,1H3;1-5,14,18H;1-5,15H. The number of fused-ring (bicyclic) bond motifs is 6. The van der Waals surface area contributed by atoms with Crippen molar-refractivity contribution in [2.75, 3.05) is 21.3 Å². The molecule has 6 heterocycles. The van der Waals surface area contributed by atoms with E-state index in [4.69, 9.17) is 81.2 Å². The van der Waals surface area contributed by atoms with Crippen molar-refractivity contribution in [1.29, 1.82) is 0 Å². The van der Waals surface area contributed by atoms with Crippen LogP contribution in [0.25, 0.3) is 66.2 Å². The number of non-ortho nitro benzene ring substituents is 3. The summed E-state index contributed by atoms with van der Waals surface area (Å²) in [6, 6.07) is 43.8. The van der Waals surface area contributed by atoms with Crippen molar-refractivity contribution in [2.45, 2.75) is 47.5 Å². The fourth-order valence-corrected chi connectivity index (χ4v) is 13.8. The number of hydrogen-bond donors (Lipinski definition) is 5. The second-order valence-corrected chi connectivity index (χ2v) is 30.1. The molecule has 0 spiro atoms. The fourth-order valence-electron chi connectivity index (χ4n) is 12.4. The van der Waals surface area contributed by atoms with Crippen LogP contribution in [-0.2, 0) is 12.8 Å². The predicted molar refractivity (Wildman–Crippen MR) is 466 cm³/mol. The van der Waals surface area contributed by atoms with Gasteiger partial charge in [-0.25, -0.2) is 36.6 Å². The highest BCUT2D eigenvalue weighted by Crippen LogP contribution is 2.41. The summed E-state index contributed by atoms with van der Waals surface area (Å²) < 4.78 is 54.2. The van der Waals surface area contributed by atoms with Gasteiger partial charge in [-0.15, -0.1) is 0 Å². The average molecular weight is 1880 g/mol. The van der Waals surface area contributed by atoms with Crippen molar-refractivity contribution < 1.29 is 71.1 Å². The molecule has 1 amide bonds. The van der Waals surface area contributed by atoms with Crippen LogP contribution in [0.4, 0.5) is 77.0 Å². The van der Waals surface area contributed by atoms with Gasteiger partial charge in [0.1, 0.15) is 17.4 Å². The summed E-state index contributed by atoms with van der Waals surface area (Å²) in [5.74, 6) is -1.63. The molecule has 0 saturated heterocycles. The number of rotatable bonds is 17. The van der Waals surface area contributed by atoms with Crippen LogP contribution in [-0.4, -0.2) is 97.5 Å². The molecule has 6 aromatic heterocycles. The zero-order valence-corrected chi connectivity index (χ0v) is 70.8. The summed E-state index contributed by atoms with van der Waals surface area (Å²) in [6.45, 7) is 9.62. The molecule has 0 aliphatic rings. The molecule has 0 saturated carbocycles. The number of carbonyl (C=O) groups is 1. The third kappa shape index (κ3) is 20.5. The highest BCUT2D eigenvalue weighted by atomic mass is 35.5. The van der Waals surface area contributed by atoms with Gasteiger partial charge in [-0.1, -0.05) is 123 Å². The van der Waals surface area contributed by atoms with Gasteiger partial charge in [-0.2, -0.15) is 0 Å². The molecule has 0 unspecified atom stereocenters. The maximum absolute atomic E-state index is 13.6. The van der Waals surface area contributed by atoms with Gasteiger partial charge >= 0.3 is 28.4 Å². The lowest BCUT2D eigenvalue weighted by atomic mass is 9.97. The quantitative estimate of drug-likeness (QED) is 0.0321. The van der Waals surface area contributed by atoms with Gasteiger partial charge in [0.15, 0.2) is 38.6 Å². The molecule has 48 heteroatoms. The van der Waals surface area contributed by atoms with Crippen LogP contribution in [0.1, 0.15) is 60.4 Å². The average Bonchev–Trinajstić information content (AvgIpc) is 1.55. The Balaban J connectivity index is 0.000000131. The molecule has 0 bridgehead atoms. The lowest BCUT2D eigenvalue weighted by Crippen LogP contribution is -2.13. The molecule has 0 atom stereocenters. The second kappa shape index (κ2) is 39.2. The molecule has 18 rings (SSSR count). The molecule has 0 aliphatic heterocycles. The van der Waals surface area contributed by atoms with Crippen LogP contribution in [0, 0.1) is 96.8 Å². The fraction of sp³-hybridized carbons (Fsp3) is 0.0875. The summed E-state index contributed by atoms with van der Waals surface area (Å²) in [5.41, 5.74) is 11.8. The Labute approximate surface area is 747 Å². The maximum atomic E-state index is 13.6. The van der Waals surface area contributed by atoms with Gasteiger partial charge in [0, 0.05) is 79.6 Å². The van der Waals surface area contributed by atoms with Crippen molar-refractivity contribution in [3.63, 3.8) is 0 Å². The van der Waals surface area contributed by atoms with Gasteiger partial charge in [0.2, 0.25) is 27.6 Å². The van der Waals surface area contributed by atoms with E-state index in [9.17, 15) is 69.3 Å². The number of hydrogen-bond acceptors (Lipinski definition) is 33. The molecule has 5 N–H and O–H groups in total. The number of aromatic nitrogens is 12. The topological polar surface area (TPSA) is 535 Å². The Kier molecular flexibility index (Phi) is 27.7. The van der Waals surface area contributed by atoms with Crippen molar-refractivity contribution in [3.8, 4) is 5.75 Å². The van der Waals surface area contributed by atoms with Gasteiger partial charge in [-0.3, -0.25) is 55.4 Å². The summed E-state index contributed by atoms with van der Waals surface area (Å²) in [7, 11) is 0. The Hall–Kier alpha value is -15.4. The van der Waals surface area contributed by atoms with Crippen molar-refractivity contribution >= 4 is 222 Å². The van der Waals surface area contributed by atoms with E-state index in [0.717, 1.165) is 62.8 Å². The summed E-state index contributed by atoms with van der Waals surface area (Å²) >= 11 is 42.0. The number of nitrogens with one attached hydrogen (secondary N) is 4. The number of anilines is 7. The number of nitro benzene ring substituents is 5. The number of phenolic OH excluding ortho intramolecular Hbond substituents is 1. The molecular formula is C80H52Cl7F2N21O18. The Morgan fingerprint density at radius 1 is 0.336 bits per heavy atom. The molecular weight excluding hydrogens is 1830 g/mol. The monoisotopic (exact) mass is 1880 g/mol. The third-order valence-electron chi connectivity index (χ3n) is 18.8. The molecule has 12 aromatic carbocycles. The largest absolute Gasteiger partial charge is 0.506 e. The van der Waals surface area contributed by atoms with Crippen LogP contribution in [0.15, 0.2) is 198 Å². The number of aryl methyl sites for hydroxylation is 5. The Morgan fingerprint density at radius 3 is 1.18 bits per heavy atom. The number of benzene rings is 12. The molecule has 39 nitrogen and oxygen atoms in total. The van der Waals surface area contributed by atoms with E-state index in [1.54, 1.807) is 66.7 Å². The summed E-state index contributed by atoms with van der Waals surface area (Å²) in [5, 5.41) is 123. The molecule has 18 aromatic rings. The van der Waals surface area contributed by atoms with Crippen LogP contribution in [0.3, 0.4) is 0 Å². The molecule has 128 heavy (non-hydrogen) atoms. The first-order valence-electron chi connectivity index (χ1n) is 36.3. The zero-order valence-electron chi connectivity index (χ0n) is 65.5. The number of amides is 1. The minimum Gasteiger partial charge on any atom is -0.506 e. The van der Waals surface area contributed by atoms with E-state index in [0.29, 0.717) is 99.0 Å². The van der Waals surface area contributed by atoms with E-state index in [1.807, 2.05) is 65.0 Å². The summed E-state index contributed by atoms with van der Waals surface area (Å²) in [4.78, 5) is 65.2. The second-order valence-electron chi connectivity index (χ2n) is 27.2.